The maximum Gasteiger partial charge on any atom is 0.317 e. The molecular weight excluding hydrogens is 264 g/mol. The molecular formula is C14H19ClN2O2. The van der Waals surface area contributed by atoms with Crippen LogP contribution in [0.3, 0.4) is 0 Å². The largest absolute Gasteiger partial charge is 0.372 e. The first kappa shape index (κ1) is 14.2. The SMILES string of the molecule is CC1CN(C(=O)NCc2cccc(Cl)c2)CC(C)O1. The quantitative estimate of drug-likeness (QED) is 0.906. The van der Waals surface area contributed by atoms with Gasteiger partial charge in [-0.25, -0.2) is 4.79 Å². The number of rotatable bonds is 2. The van der Waals surface area contributed by atoms with Crippen molar-refractivity contribution in [1.82, 2.24) is 10.2 Å². The summed E-state index contributed by atoms with van der Waals surface area (Å²) in [5.74, 6) is 0. The lowest BCUT2D eigenvalue weighted by Crippen LogP contribution is -2.51. The molecule has 2 atom stereocenters. The summed E-state index contributed by atoms with van der Waals surface area (Å²) in [6.45, 7) is 5.71. The van der Waals surface area contributed by atoms with Gasteiger partial charge < -0.3 is 15.0 Å². The molecule has 0 spiro atoms. The number of hydrogen-bond acceptors (Lipinski definition) is 2. The van der Waals surface area contributed by atoms with Gasteiger partial charge in [-0.2, -0.15) is 0 Å². The monoisotopic (exact) mass is 282 g/mol. The Morgan fingerprint density at radius 1 is 1.42 bits per heavy atom. The zero-order valence-corrected chi connectivity index (χ0v) is 12.0. The van der Waals surface area contributed by atoms with Crippen LogP contribution >= 0.6 is 11.6 Å². The lowest BCUT2D eigenvalue weighted by molar-refractivity contribution is -0.0545. The molecule has 1 aromatic rings. The maximum absolute atomic E-state index is 12.1. The summed E-state index contributed by atoms with van der Waals surface area (Å²) in [5.41, 5.74) is 0.996. The van der Waals surface area contributed by atoms with Crippen molar-refractivity contribution in [2.75, 3.05) is 13.1 Å². The van der Waals surface area contributed by atoms with E-state index in [-0.39, 0.29) is 18.2 Å². The van der Waals surface area contributed by atoms with E-state index in [0.29, 0.717) is 24.7 Å². The zero-order chi connectivity index (χ0) is 13.8. The lowest BCUT2D eigenvalue weighted by atomic mass is 10.2. The fraction of sp³-hybridized carbons (Fsp3) is 0.500. The van der Waals surface area contributed by atoms with Gasteiger partial charge in [0.15, 0.2) is 0 Å². The zero-order valence-electron chi connectivity index (χ0n) is 11.2. The summed E-state index contributed by atoms with van der Waals surface area (Å²) in [5, 5.41) is 3.59. The van der Waals surface area contributed by atoms with Crippen molar-refractivity contribution >= 4 is 17.6 Å². The van der Waals surface area contributed by atoms with E-state index in [4.69, 9.17) is 16.3 Å². The molecule has 2 rings (SSSR count). The third-order valence-electron chi connectivity index (χ3n) is 3.04. The highest BCUT2D eigenvalue weighted by molar-refractivity contribution is 6.30. The van der Waals surface area contributed by atoms with E-state index in [2.05, 4.69) is 5.32 Å². The number of hydrogen-bond donors (Lipinski definition) is 1. The minimum absolute atomic E-state index is 0.0537. The Morgan fingerprint density at radius 3 is 2.74 bits per heavy atom. The third-order valence-corrected chi connectivity index (χ3v) is 3.27. The van der Waals surface area contributed by atoms with Crippen molar-refractivity contribution in [3.63, 3.8) is 0 Å². The number of ether oxygens (including phenoxy) is 1. The molecule has 19 heavy (non-hydrogen) atoms. The lowest BCUT2D eigenvalue weighted by Gasteiger charge is -2.35. The third kappa shape index (κ3) is 4.11. The van der Waals surface area contributed by atoms with Crippen LogP contribution in [0.5, 0.6) is 0 Å². The Morgan fingerprint density at radius 2 is 2.11 bits per heavy atom. The molecule has 1 N–H and O–H groups in total. The first-order valence-corrected chi connectivity index (χ1v) is 6.85. The molecule has 1 saturated heterocycles. The number of nitrogens with zero attached hydrogens (tertiary/aromatic N) is 1. The summed E-state index contributed by atoms with van der Waals surface area (Å²) in [4.78, 5) is 13.9. The average Bonchev–Trinajstić information content (AvgIpc) is 2.35. The molecule has 104 valence electrons. The van der Waals surface area contributed by atoms with Gasteiger partial charge in [0, 0.05) is 24.7 Å². The maximum atomic E-state index is 12.1. The molecule has 1 aliphatic heterocycles. The molecule has 1 aromatic carbocycles. The second kappa shape index (κ2) is 6.26. The van der Waals surface area contributed by atoms with Crippen molar-refractivity contribution in [3.8, 4) is 0 Å². The predicted molar refractivity (Wildman–Crippen MR) is 75.3 cm³/mol. The molecule has 5 heteroatoms. The van der Waals surface area contributed by atoms with Gasteiger partial charge in [0.05, 0.1) is 12.2 Å². The van der Waals surface area contributed by atoms with Crippen LogP contribution in [0.15, 0.2) is 24.3 Å². The van der Waals surface area contributed by atoms with Crippen LogP contribution in [0.25, 0.3) is 0 Å². The highest BCUT2D eigenvalue weighted by atomic mass is 35.5. The molecule has 1 fully saturated rings. The topological polar surface area (TPSA) is 41.6 Å². The molecule has 0 radical (unpaired) electrons. The van der Waals surface area contributed by atoms with Crippen molar-refractivity contribution in [3.05, 3.63) is 34.9 Å². The molecule has 2 amide bonds. The molecule has 2 unspecified atom stereocenters. The molecule has 0 bridgehead atoms. The number of urea groups is 1. The highest BCUT2D eigenvalue weighted by Crippen LogP contribution is 2.12. The van der Waals surface area contributed by atoms with Crippen molar-refractivity contribution in [2.45, 2.75) is 32.6 Å². The minimum Gasteiger partial charge on any atom is -0.372 e. The Bertz CT molecular complexity index is 443. The van der Waals surface area contributed by atoms with E-state index < -0.39 is 0 Å². The van der Waals surface area contributed by atoms with E-state index in [1.54, 1.807) is 4.90 Å². The number of carbonyl (C=O) groups is 1. The molecule has 4 nitrogen and oxygen atoms in total. The van der Waals surface area contributed by atoms with Gasteiger partial charge >= 0.3 is 6.03 Å². The number of carbonyl (C=O) groups excluding carboxylic acids is 1. The minimum atomic E-state index is -0.0537. The summed E-state index contributed by atoms with van der Waals surface area (Å²) < 4.78 is 5.61. The van der Waals surface area contributed by atoms with Gasteiger partial charge in [-0.3, -0.25) is 0 Å². The van der Waals surface area contributed by atoms with Gasteiger partial charge in [0.2, 0.25) is 0 Å². The standard InChI is InChI=1S/C14H19ClN2O2/c1-10-8-17(9-11(2)19-10)14(18)16-7-12-4-3-5-13(15)6-12/h3-6,10-11H,7-9H2,1-2H3,(H,16,18). The van der Waals surface area contributed by atoms with Gasteiger partial charge in [-0.15, -0.1) is 0 Å². The molecule has 1 heterocycles. The Hall–Kier alpha value is -1.26. The van der Waals surface area contributed by atoms with Gasteiger partial charge in [0.1, 0.15) is 0 Å². The molecule has 1 aliphatic rings. The number of nitrogens with one attached hydrogen (secondary N) is 1. The molecule has 0 saturated carbocycles. The summed E-state index contributed by atoms with van der Waals surface area (Å²) in [6, 6.07) is 7.44. The average molecular weight is 283 g/mol. The van der Waals surface area contributed by atoms with E-state index in [9.17, 15) is 4.79 Å². The van der Waals surface area contributed by atoms with Crippen molar-refractivity contribution < 1.29 is 9.53 Å². The Balaban J connectivity index is 1.87. The Kier molecular flexibility index (Phi) is 4.66. The number of benzene rings is 1. The van der Waals surface area contributed by atoms with Gasteiger partial charge in [-0.1, -0.05) is 23.7 Å². The highest BCUT2D eigenvalue weighted by Gasteiger charge is 2.25. The fourth-order valence-electron chi connectivity index (χ4n) is 2.28. The van der Waals surface area contributed by atoms with E-state index in [1.165, 1.54) is 0 Å². The fourth-order valence-corrected chi connectivity index (χ4v) is 2.49. The summed E-state index contributed by atoms with van der Waals surface area (Å²) >= 11 is 5.91. The second-order valence-corrected chi connectivity index (χ2v) is 5.39. The predicted octanol–water partition coefficient (Wildman–Crippen LogP) is 2.66. The van der Waals surface area contributed by atoms with E-state index in [0.717, 1.165) is 5.56 Å². The van der Waals surface area contributed by atoms with Crippen LogP contribution in [0.2, 0.25) is 5.02 Å². The van der Waals surface area contributed by atoms with Crippen LogP contribution in [0.1, 0.15) is 19.4 Å². The van der Waals surface area contributed by atoms with Crippen LogP contribution in [-0.2, 0) is 11.3 Å². The second-order valence-electron chi connectivity index (χ2n) is 4.95. The van der Waals surface area contributed by atoms with Gasteiger partial charge in [0.25, 0.3) is 0 Å². The normalized spacial score (nSPS) is 23.2. The molecule has 0 aliphatic carbocycles. The van der Waals surface area contributed by atoms with Crippen molar-refractivity contribution in [1.29, 1.82) is 0 Å². The van der Waals surface area contributed by atoms with E-state index >= 15 is 0 Å². The van der Waals surface area contributed by atoms with Crippen LogP contribution in [0, 0.1) is 0 Å². The number of morpholine rings is 1. The number of amides is 2. The smallest absolute Gasteiger partial charge is 0.317 e. The van der Waals surface area contributed by atoms with Crippen molar-refractivity contribution in [2.24, 2.45) is 0 Å². The van der Waals surface area contributed by atoms with Gasteiger partial charge in [-0.05, 0) is 31.5 Å². The summed E-state index contributed by atoms with van der Waals surface area (Å²) in [6.07, 6.45) is 0.168. The van der Waals surface area contributed by atoms with Crippen LogP contribution < -0.4 is 5.32 Å². The first-order chi connectivity index (χ1) is 9.04. The molecule has 0 aromatic heterocycles. The van der Waals surface area contributed by atoms with E-state index in [1.807, 2.05) is 38.1 Å². The summed E-state index contributed by atoms with van der Waals surface area (Å²) in [7, 11) is 0. The van der Waals surface area contributed by atoms with Crippen LogP contribution in [0.4, 0.5) is 4.79 Å². The Labute approximate surface area is 118 Å². The van der Waals surface area contributed by atoms with Crippen LogP contribution in [-0.4, -0.2) is 36.2 Å². The number of halogens is 1. The first-order valence-electron chi connectivity index (χ1n) is 6.47.